The number of alkyl halides is 3. The highest BCUT2D eigenvalue weighted by atomic mass is 32.2. The molecule has 3 rings (SSSR count). The van der Waals surface area contributed by atoms with E-state index in [0.717, 1.165) is 34.0 Å². The summed E-state index contributed by atoms with van der Waals surface area (Å²) in [4.78, 5) is 11.9. The molecular weight excluding hydrogens is 413 g/mol. The summed E-state index contributed by atoms with van der Waals surface area (Å²) in [5.41, 5.74) is 2.30. The first-order valence-electron chi connectivity index (χ1n) is 9.28. The maximum absolute atomic E-state index is 12.8. The maximum atomic E-state index is 12.8. The molecule has 0 bridgehead atoms. The van der Waals surface area contributed by atoms with E-state index in [-0.39, 0.29) is 12.3 Å². The Morgan fingerprint density at radius 1 is 1.17 bits per heavy atom. The molecule has 2 aromatic carbocycles. The number of thioether (sulfide) groups is 1. The van der Waals surface area contributed by atoms with E-state index in [1.165, 1.54) is 12.1 Å². The zero-order valence-electron chi connectivity index (χ0n) is 16.5. The molecule has 0 saturated carbocycles. The minimum Gasteiger partial charge on any atom is -0.481 e. The zero-order chi connectivity index (χ0) is 21.9. The summed E-state index contributed by atoms with van der Waals surface area (Å²) in [6, 6.07) is 14.3. The number of aryl methyl sites for hydroxylation is 1. The number of hydrogen-bond acceptors (Lipinski definition) is 3. The van der Waals surface area contributed by atoms with E-state index in [0.29, 0.717) is 11.3 Å². The predicted octanol–water partition coefficient (Wildman–Crippen LogP) is 5.63. The molecule has 30 heavy (non-hydrogen) atoms. The van der Waals surface area contributed by atoms with E-state index in [9.17, 15) is 18.0 Å². The largest absolute Gasteiger partial charge is 0.481 e. The Bertz CT molecular complexity index is 1030. The average molecular weight is 434 g/mol. The van der Waals surface area contributed by atoms with Crippen molar-refractivity contribution in [3.8, 4) is 11.3 Å². The van der Waals surface area contributed by atoms with Crippen LogP contribution in [0.15, 0.2) is 59.5 Å². The van der Waals surface area contributed by atoms with Crippen LogP contribution < -0.4 is 0 Å². The van der Waals surface area contributed by atoms with Crippen LogP contribution in [0.5, 0.6) is 0 Å². The number of halogens is 3. The number of rotatable bonds is 7. The van der Waals surface area contributed by atoms with E-state index >= 15 is 0 Å². The number of carbonyl (C=O) groups is 1. The van der Waals surface area contributed by atoms with Crippen molar-refractivity contribution in [2.24, 2.45) is 7.05 Å². The van der Waals surface area contributed by atoms with Gasteiger partial charge in [-0.25, -0.2) is 0 Å². The minimum absolute atomic E-state index is 0.0117. The van der Waals surface area contributed by atoms with Crippen molar-refractivity contribution in [1.29, 1.82) is 0 Å². The Labute approximate surface area is 176 Å². The van der Waals surface area contributed by atoms with Gasteiger partial charge >= 0.3 is 12.1 Å². The molecular formula is C22H21F3N2O2S. The molecule has 0 aliphatic heterocycles. The second-order valence-electron chi connectivity index (χ2n) is 7.08. The molecule has 1 atom stereocenters. The second-order valence-corrected chi connectivity index (χ2v) is 8.18. The summed E-state index contributed by atoms with van der Waals surface area (Å²) < 4.78 is 40.0. The van der Waals surface area contributed by atoms with Crippen molar-refractivity contribution in [1.82, 2.24) is 9.78 Å². The quantitative estimate of drug-likeness (QED) is 0.490. The van der Waals surface area contributed by atoms with Crippen molar-refractivity contribution in [2.45, 2.75) is 30.3 Å². The summed E-state index contributed by atoms with van der Waals surface area (Å²) in [7, 11) is 1.82. The van der Waals surface area contributed by atoms with E-state index in [2.05, 4.69) is 12.0 Å². The van der Waals surface area contributed by atoms with Crippen LogP contribution in [0.25, 0.3) is 11.3 Å². The molecule has 0 amide bonds. The molecule has 1 heterocycles. The van der Waals surface area contributed by atoms with Gasteiger partial charge in [-0.1, -0.05) is 31.2 Å². The fraction of sp³-hybridized carbons (Fsp3) is 0.273. The highest BCUT2D eigenvalue weighted by Crippen LogP contribution is 2.32. The van der Waals surface area contributed by atoms with Gasteiger partial charge in [0.15, 0.2) is 0 Å². The van der Waals surface area contributed by atoms with Gasteiger partial charge < -0.3 is 5.11 Å². The van der Waals surface area contributed by atoms with Crippen LogP contribution in [0.3, 0.4) is 0 Å². The molecule has 1 aromatic heterocycles. The number of aromatic nitrogens is 2. The van der Waals surface area contributed by atoms with Gasteiger partial charge in [-0.15, -0.1) is 11.8 Å². The number of hydrogen-bond donors (Lipinski definition) is 1. The van der Waals surface area contributed by atoms with E-state index in [4.69, 9.17) is 5.11 Å². The third-order valence-corrected chi connectivity index (χ3v) is 5.94. The second kappa shape index (κ2) is 8.95. The summed E-state index contributed by atoms with van der Waals surface area (Å²) in [5, 5.41) is 13.4. The molecule has 0 radical (unpaired) electrons. The molecule has 158 valence electrons. The lowest BCUT2D eigenvalue weighted by atomic mass is 10.1. The highest BCUT2D eigenvalue weighted by Gasteiger charge is 2.30. The summed E-state index contributed by atoms with van der Waals surface area (Å²) in [6.07, 6.45) is -4.37. The number of aliphatic carboxylic acids is 1. The van der Waals surface area contributed by atoms with Crippen LogP contribution in [0.1, 0.15) is 29.7 Å². The van der Waals surface area contributed by atoms with Crippen molar-refractivity contribution in [3.05, 3.63) is 71.4 Å². The summed E-state index contributed by atoms with van der Waals surface area (Å²) in [6.45, 7) is 2.06. The third kappa shape index (κ3) is 5.44. The molecule has 1 unspecified atom stereocenters. The lowest BCUT2D eigenvalue weighted by molar-refractivity contribution is -0.138. The molecule has 0 aliphatic rings. The van der Waals surface area contributed by atoms with Gasteiger partial charge in [0, 0.05) is 34.9 Å². The molecule has 8 heteroatoms. The standard InChI is InChI=1S/C22H21F3N2O2S/c1-14(13-30-18-5-3-4-15(10-18)11-21(28)29)20-12-19(26-27(20)2)16-6-8-17(9-7-16)22(23,24)25/h3-10,12,14H,11,13H2,1-2H3,(H,28,29). The van der Waals surface area contributed by atoms with Gasteiger partial charge in [0.25, 0.3) is 0 Å². The highest BCUT2D eigenvalue weighted by molar-refractivity contribution is 7.99. The Morgan fingerprint density at radius 2 is 1.87 bits per heavy atom. The molecule has 1 N–H and O–H groups in total. The zero-order valence-corrected chi connectivity index (χ0v) is 17.3. The van der Waals surface area contributed by atoms with Crippen LogP contribution in [0.2, 0.25) is 0 Å². The van der Waals surface area contributed by atoms with Gasteiger partial charge in [-0.2, -0.15) is 18.3 Å². The molecule has 3 aromatic rings. The first kappa shape index (κ1) is 22.0. The van der Waals surface area contributed by atoms with Crippen molar-refractivity contribution >= 4 is 17.7 Å². The van der Waals surface area contributed by atoms with Gasteiger partial charge in [-0.3, -0.25) is 9.48 Å². The van der Waals surface area contributed by atoms with Gasteiger partial charge in [0.2, 0.25) is 0 Å². The maximum Gasteiger partial charge on any atom is 0.416 e. The predicted molar refractivity (Wildman–Crippen MR) is 111 cm³/mol. The molecule has 0 spiro atoms. The normalized spacial score (nSPS) is 12.7. The van der Waals surface area contributed by atoms with Crippen LogP contribution >= 0.6 is 11.8 Å². The van der Waals surface area contributed by atoms with Crippen LogP contribution in [-0.2, 0) is 24.4 Å². The number of carboxylic acid groups (broad SMARTS) is 1. The Balaban J connectivity index is 1.70. The molecule has 4 nitrogen and oxygen atoms in total. The lowest BCUT2D eigenvalue weighted by Gasteiger charge is -2.11. The average Bonchev–Trinajstić information content (AvgIpc) is 3.07. The first-order valence-corrected chi connectivity index (χ1v) is 10.3. The Kier molecular flexibility index (Phi) is 6.55. The van der Waals surface area contributed by atoms with Crippen molar-refractivity contribution in [2.75, 3.05) is 5.75 Å². The van der Waals surface area contributed by atoms with Gasteiger partial charge in [0.1, 0.15) is 0 Å². The number of nitrogens with zero attached hydrogens (tertiary/aromatic N) is 2. The first-order chi connectivity index (χ1) is 14.1. The fourth-order valence-electron chi connectivity index (χ4n) is 3.14. The fourth-order valence-corrected chi connectivity index (χ4v) is 4.16. The molecule has 0 saturated heterocycles. The minimum atomic E-state index is -4.36. The molecule has 0 fully saturated rings. The summed E-state index contributed by atoms with van der Waals surface area (Å²) >= 11 is 1.62. The van der Waals surface area contributed by atoms with Crippen LogP contribution in [-0.4, -0.2) is 26.6 Å². The van der Waals surface area contributed by atoms with Gasteiger partial charge in [0.05, 0.1) is 17.7 Å². The SMILES string of the molecule is CC(CSc1cccc(CC(=O)O)c1)c1cc(-c2ccc(C(F)(F)F)cc2)nn1C. The number of benzene rings is 2. The van der Waals surface area contributed by atoms with Crippen LogP contribution in [0, 0.1) is 0 Å². The Hall–Kier alpha value is -2.74. The lowest BCUT2D eigenvalue weighted by Crippen LogP contribution is -2.05. The summed E-state index contributed by atoms with van der Waals surface area (Å²) in [5.74, 6) is 0.0257. The smallest absolute Gasteiger partial charge is 0.416 e. The van der Waals surface area contributed by atoms with Crippen molar-refractivity contribution < 1.29 is 23.1 Å². The van der Waals surface area contributed by atoms with E-state index < -0.39 is 17.7 Å². The third-order valence-electron chi connectivity index (χ3n) is 4.68. The monoisotopic (exact) mass is 434 g/mol. The van der Waals surface area contributed by atoms with Crippen LogP contribution in [0.4, 0.5) is 13.2 Å². The van der Waals surface area contributed by atoms with E-state index in [1.807, 2.05) is 31.3 Å². The molecule has 0 aliphatic carbocycles. The topological polar surface area (TPSA) is 55.1 Å². The van der Waals surface area contributed by atoms with Crippen molar-refractivity contribution in [3.63, 3.8) is 0 Å². The van der Waals surface area contributed by atoms with E-state index in [1.54, 1.807) is 22.5 Å². The number of carboxylic acids is 1. The Morgan fingerprint density at radius 3 is 2.50 bits per heavy atom. The van der Waals surface area contributed by atoms with Gasteiger partial charge in [-0.05, 0) is 35.9 Å².